The largest absolute Gasteiger partial charge is 0.481 e. The molecule has 1 aromatic rings. The molecule has 0 bridgehead atoms. The highest BCUT2D eigenvalue weighted by molar-refractivity contribution is 5.77. The van der Waals surface area contributed by atoms with Crippen LogP contribution in [0.5, 0.6) is 5.75 Å². The van der Waals surface area contributed by atoms with Gasteiger partial charge in [-0.25, -0.2) is 4.39 Å². The van der Waals surface area contributed by atoms with Crippen molar-refractivity contribution >= 4 is 5.91 Å². The van der Waals surface area contributed by atoms with Gasteiger partial charge >= 0.3 is 6.18 Å². The Labute approximate surface area is 112 Å². The average molecular weight is 294 g/mol. The highest BCUT2D eigenvalue weighted by Crippen LogP contribution is 2.21. The van der Waals surface area contributed by atoms with Crippen LogP contribution in [-0.2, 0) is 4.79 Å². The van der Waals surface area contributed by atoms with Gasteiger partial charge in [-0.1, -0.05) is 6.07 Å². The average Bonchev–Trinajstić information content (AvgIpc) is 2.33. The molecular formula is C12H14F4N2O2. The fraction of sp³-hybridized carbons (Fsp3) is 0.417. The number of benzene rings is 1. The topological polar surface area (TPSA) is 64.3 Å². The summed E-state index contributed by atoms with van der Waals surface area (Å²) in [6.45, 7) is -0.494. The van der Waals surface area contributed by atoms with Crippen LogP contribution in [0.1, 0.15) is 18.5 Å². The number of alkyl halides is 3. The third-order valence-corrected chi connectivity index (χ3v) is 2.33. The van der Waals surface area contributed by atoms with E-state index < -0.39 is 31.1 Å². The van der Waals surface area contributed by atoms with E-state index in [0.717, 1.165) is 6.07 Å². The van der Waals surface area contributed by atoms with Gasteiger partial charge in [0.25, 0.3) is 5.91 Å². The molecule has 1 aromatic carbocycles. The van der Waals surface area contributed by atoms with Crippen molar-refractivity contribution in [3.05, 3.63) is 29.6 Å². The van der Waals surface area contributed by atoms with Crippen LogP contribution in [0.3, 0.4) is 0 Å². The smallest absolute Gasteiger partial charge is 0.405 e. The Hall–Kier alpha value is -1.83. The molecule has 0 aliphatic heterocycles. The molecule has 20 heavy (non-hydrogen) atoms. The first-order chi connectivity index (χ1) is 9.19. The SMILES string of the molecule is C[C@@H](N)c1ccc(OCC(=O)NCC(F)(F)F)c(F)c1. The minimum Gasteiger partial charge on any atom is -0.481 e. The highest BCUT2D eigenvalue weighted by atomic mass is 19.4. The first-order valence-electron chi connectivity index (χ1n) is 5.70. The molecule has 1 amide bonds. The van der Waals surface area contributed by atoms with Crippen molar-refractivity contribution in [3.63, 3.8) is 0 Å². The molecule has 1 rings (SSSR count). The van der Waals surface area contributed by atoms with Gasteiger partial charge in [0, 0.05) is 6.04 Å². The molecule has 0 fully saturated rings. The van der Waals surface area contributed by atoms with Crippen LogP contribution in [0.2, 0.25) is 0 Å². The van der Waals surface area contributed by atoms with Crippen LogP contribution < -0.4 is 15.8 Å². The monoisotopic (exact) mass is 294 g/mol. The van der Waals surface area contributed by atoms with Crippen LogP contribution in [0.25, 0.3) is 0 Å². The molecule has 0 unspecified atom stereocenters. The second-order valence-electron chi connectivity index (χ2n) is 4.16. The zero-order valence-corrected chi connectivity index (χ0v) is 10.6. The maximum Gasteiger partial charge on any atom is 0.405 e. The maximum absolute atomic E-state index is 13.5. The standard InChI is InChI=1S/C12H14F4N2O2/c1-7(17)8-2-3-10(9(13)4-8)20-5-11(19)18-6-12(14,15)16/h2-4,7H,5-6,17H2,1H3,(H,18,19)/t7-/m1/s1. The molecule has 0 aliphatic rings. The highest BCUT2D eigenvalue weighted by Gasteiger charge is 2.27. The predicted octanol–water partition coefficient (Wildman–Crippen LogP) is 1.90. The van der Waals surface area contributed by atoms with Crippen molar-refractivity contribution in [2.24, 2.45) is 5.73 Å². The molecule has 4 nitrogen and oxygen atoms in total. The van der Waals surface area contributed by atoms with Gasteiger partial charge in [0.2, 0.25) is 0 Å². The molecule has 0 aromatic heterocycles. The third kappa shape index (κ3) is 5.43. The van der Waals surface area contributed by atoms with Gasteiger partial charge in [0.1, 0.15) is 6.54 Å². The lowest BCUT2D eigenvalue weighted by atomic mass is 10.1. The Balaban J connectivity index is 2.51. The lowest BCUT2D eigenvalue weighted by Gasteiger charge is -2.11. The van der Waals surface area contributed by atoms with E-state index in [1.54, 1.807) is 12.2 Å². The number of amides is 1. The van der Waals surface area contributed by atoms with Gasteiger partial charge in [0.05, 0.1) is 0 Å². The maximum atomic E-state index is 13.5. The van der Waals surface area contributed by atoms with Gasteiger partial charge in [-0.05, 0) is 24.6 Å². The van der Waals surface area contributed by atoms with Gasteiger partial charge in [-0.15, -0.1) is 0 Å². The van der Waals surface area contributed by atoms with Crippen LogP contribution in [-0.4, -0.2) is 25.2 Å². The van der Waals surface area contributed by atoms with Crippen molar-refractivity contribution in [2.75, 3.05) is 13.2 Å². The number of carbonyl (C=O) groups excluding carboxylic acids is 1. The first-order valence-corrected chi connectivity index (χ1v) is 5.70. The molecule has 1 atom stereocenters. The molecule has 0 spiro atoms. The van der Waals surface area contributed by atoms with Crippen LogP contribution >= 0.6 is 0 Å². The van der Waals surface area contributed by atoms with E-state index in [4.69, 9.17) is 10.5 Å². The fourth-order valence-corrected chi connectivity index (χ4v) is 1.31. The second kappa shape index (κ2) is 6.56. The van der Waals surface area contributed by atoms with E-state index in [2.05, 4.69) is 0 Å². The second-order valence-corrected chi connectivity index (χ2v) is 4.16. The molecule has 0 aliphatic carbocycles. The summed E-state index contributed by atoms with van der Waals surface area (Å²) >= 11 is 0. The first kappa shape index (κ1) is 16.2. The van der Waals surface area contributed by atoms with Crippen molar-refractivity contribution in [1.29, 1.82) is 0 Å². The Morgan fingerprint density at radius 1 is 1.45 bits per heavy atom. The van der Waals surface area contributed by atoms with Gasteiger partial charge < -0.3 is 15.8 Å². The van der Waals surface area contributed by atoms with Crippen molar-refractivity contribution in [2.45, 2.75) is 19.1 Å². The summed E-state index contributed by atoms with van der Waals surface area (Å²) < 4.78 is 53.9. The summed E-state index contributed by atoms with van der Waals surface area (Å²) in [5.41, 5.74) is 6.10. The van der Waals surface area contributed by atoms with E-state index in [-0.39, 0.29) is 11.8 Å². The van der Waals surface area contributed by atoms with Crippen LogP contribution in [0, 0.1) is 5.82 Å². The van der Waals surface area contributed by atoms with Crippen LogP contribution in [0.4, 0.5) is 17.6 Å². The minimum absolute atomic E-state index is 0.225. The predicted molar refractivity (Wildman–Crippen MR) is 63.6 cm³/mol. The minimum atomic E-state index is -4.50. The van der Waals surface area contributed by atoms with E-state index in [9.17, 15) is 22.4 Å². The Morgan fingerprint density at radius 2 is 2.10 bits per heavy atom. The molecule has 0 heterocycles. The third-order valence-electron chi connectivity index (χ3n) is 2.33. The molecule has 0 saturated carbocycles. The van der Waals surface area contributed by atoms with E-state index >= 15 is 0 Å². The molecule has 8 heteroatoms. The summed E-state index contributed by atoms with van der Waals surface area (Å²) in [5.74, 6) is -1.95. The summed E-state index contributed by atoms with van der Waals surface area (Å²) in [6, 6.07) is 3.56. The molecule has 112 valence electrons. The zero-order chi connectivity index (χ0) is 15.3. The van der Waals surface area contributed by atoms with E-state index in [1.807, 2.05) is 0 Å². The van der Waals surface area contributed by atoms with Gasteiger partial charge in [-0.3, -0.25) is 4.79 Å². The summed E-state index contributed by atoms with van der Waals surface area (Å²) in [5, 5.41) is 1.61. The lowest BCUT2D eigenvalue weighted by Crippen LogP contribution is -2.36. The number of hydrogen-bond acceptors (Lipinski definition) is 3. The summed E-state index contributed by atoms with van der Waals surface area (Å²) in [4.78, 5) is 11.1. The fourth-order valence-electron chi connectivity index (χ4n) is 1.31. The Kier molecular flexibility index (Phi) is 5.32. The number of carbonyl (C=O) groups is 1. The number of ether oxygens (including phenoxy) is 1. The van der Waals surface area contributed by atoms with E-state index in [1.165, 1.54) is 12.1 Å². The van der Waals surface area contributed by atoms with Gasteiger partial charge in [0.15, 0.2) is 18.2 Å². The normalized spacial score (nSPS) is 12.9. The molecular weight excluding hydrogens is 280 g/mol. The molecule has 0 saturated heterocycles. The summed E-state index contributed by atoms with van der Waals surface area (Å²) in [6.07, 6.45) is -4.50. The van der Waals surface area contributed by atoms with Crippen molar-refractivity contribution in [1.82, 2.24) is 5.32 Å². The van der Waals surface area contributed by atoms with Crippen molar-refractivity contribution in [3.8, 4) is 5.75 Å². The quantitative estimate of drug-likeness (QED) is 0.815. The number of nitrogens with one attached hydrogen (secondary N) is 1. The Bertz CT molecular complexity index is 475. The number of hydrogen-bond donors (Lipinski definition) is 2. The number of nitrogens with two attached hydrogens (primary N) is 1. The van der Waals surface area contributed by atoms with Crippen LogP contribution in [0.15, 0.2) is 18.2 Å². The lowest BCUT2D eigenvalue weighted by molar-refractivity contribution is -0.139. The zero-order valence-electron chi connectivity index (χ0n) is 10.6. The van der Waals surface area contributed by atoms with Crippen molar-refractivity contribution < 1.29 is 27.1 Å². The number of rotatable bonds is 5. The summed E-state index contributed by atoms with van der Waals surface area (Å²) in [7, 11) is 0. The number of halogens is 4. The Morgan fingerprint density at radius 3 is 2.60 bits per heavy atom. The van der Waals surface area contributed by atoms with Gasteiger partial charge in [-0.2, -0.15) is 13.2 Å². The van der Waals surface area contributed by atoms with E-state index in [0.29, 0.717) is 5.56 Å². The molecule has 0 radical (unpaired) electrons. The molecule has 3 N–H and O–H groups in total.